The molecule has 2 N–H and O–H groups in total. The third-order valence-corrected chi connectivity index (χ3v) is 4.06. The molecule has 1 aromatic rings. The second-order valence-corrected chi connectivity index (χ2v) is 6.21. The van der Waals surface area contributed by atoms with Crippen LogP contribution in [0.25, 0.3) is 0 Å². The van der Waals surface area contributed by atoms with Gasteiger partial charge in [0, 0.05) is 32.5 Å². The lowest BCUT2D eigenvalue weighted by Gasteiger charge is -2.24. The summed E-state index contributed by atoms with van der Waals surface area (Å²) in [6.45, 7) is 5.11. The van der Waals surface area contributed by atoms with E-state index in [4.69, 9.17) is 24.7 Å². The van der Waals surface area contributed by atoms with E-state index >= 15 is 0 Å². The molecule has 1 saturated heterocycles. The number of nitrogen functional groups attached to an aromatic ring is 1. The Hall–Kier alpha value is -2.95. The van der Waals surface area contributed by atoms with Gasteiger partial charge in [-0.2, -0.15) is 4.98 Å². The highest BCUT2D eigenvalue weighted by Gasteiger charge is 2.51. The summed E-state index contributed by atoms with van der Waals surface area (Å²) in [5.41, 5.74) is 5.59. The first-order valence-electron chi connectivity index (χ1n) is 8.64. The number of nitrogens with zero attached hydrogens (tertiary/aromatic N) is 2. The quantitative estimate of drug-likeness (QED) is 0.501. The number of aromatic nitrogens is 2. The topological polar surface area (TPSA) is 149 Å². The average molecular weight is 397 g/mol. The number of carbonyl (C=O) groups excluding carboxylic acids is 3. The van der Waals surface area contributed by atoms with Crippen molar-refractivity contribution < 1.29 is 33.3 Å². The van der Waals surface area contributed by atoms with Crippen LogP contribution in [0.2, 0.25) is 0 Å². The van der Waals surface area contributed by atoms with E-state index in [1.807, 2.05) is 6.92 Å². The monoisotopic (exact) mass is 397 g/mol. The fourth-order valence-electron chi connectivity index (χ4n) is 2.89. The molecule has 28 heavy (non-hydrogen) atoms. The molecule has 0 aromatic carbocycles. The van der Waals surface area contributed by atoms with Crippen LogP contribution in [0.4, 0.5) is 5.82 Å². The highest BCUT2D eigenvalue weighted by Crippen LogP contribution is 2.34. The van der Waals surface area contributed by atoms with Gasteiger partial charge in [-0.3, -0.25) is 19.0 Å². The van der Waals surface area contributed by atoms with Crippen LogP contribution in [0.15, 0.2) is 11.0 Å². The smallest absolute Gasteiger partial charge is 0.351 e. The number of esters is 3. The first-order chi connectivity index (χ1) is 13.1. The molecule has 1 aliphatic rings. The Morgan fingerprint density at radius 2 is 1.75 bits per heavy atom. The zero-order chi connectivity index (χ0) is 21.0. The summed E-state index contributed by atoms with van der Waals surface area (Å²) in [7, 11) is 0. The van der Waals surface area contributed by atoms with Crippen molar-refractivity contribution in [2.45, 2.75) is 58.7 Å². The first-order valence-corrected chi connectivity index (χ1v) is 8.64. The van der Waals surface area contributed by atoms with Gasteiger partial charge in [0.2, 0.25) is 0 Å². The largest absolute Gasteiger partial charge is 0.463 e. The number of anilines is 1. The van der Waals surface area contributed by atoms with Crippen molar-refractivity contribution in [1.82, 2.24) is 9.55 Å². The van der Waals surface area contributed by atoms with Gasteiger partial charge in [0.25, 0.3) is 0 Å². The molecule has 11 nitrogen and oxygen atoms in total. The minimum absolute atomic E-state index is 0.0822. The summed E-state index contributed by atoms with van der Waals surface area (Å²) in [6, 6.07) is 0. The number of nitrogens with two attached hydrogens (primary N) is 1. The molecule has 1 fully saturated rings. The summed E-state index contributed by atoms with van der Waals surface area (Å²) < 4.78 is 22.4. The number of rotatable bonds is 6. The van der Waals surface area contributed by atoms with E-state index in [2.05, 4.69) is 4.98 Å². The van der Waals surface area contributed by atoms with E-state index in [-0.39, 0.29) is 12.4 Å². The maximum absolute atomic E-state index is 12.4. The van der Waals surface area contributed by atoms with E-state index < -0.39 is 48.1 Å². The van der Waals surface area contributed by atoms with Crippen molar-refractivity contribution in [3.05, 3.63) is 22.2 Å². The Bertz CT molecular complexity index is 821. The Morgan fingerprint density at radius 3 is 2.29 bits per heavy atom. The molecule has 0 spiro atoms. The van der Waals surface area contributed by atoms with Crippen LogP contribution in [0.5, 0.6) is 0 Å². The van der Waals surface area contributed by atoms with E-state index in [9.17, 15) is 19.2 Å². The fraction of sp³-hybridized carbons (Fsp3) is 0.588. The second-order valence-electron chi connectivity index (χ2n) is 6.21. The average Bonchev–Trinajstić information content (AvgIpc) is 2.89. The standard InChI is InChI=1S/C17H23N3O8/c1-5-11-6-20(17(24)19-15(11)18)16-14(27-10(4)23)13(26-9(3)22)12(28-16)7-25-8(2)21/h6,12-14,16H,5,7H2,1-4H3,(H2,18,19,24)/t12-,13+,14-,16-/m1/s1. The van der Waals surface area contributed by atoms with Gasteiger partial charge in [0.05, 0.1) is 0 Å². The van der Waals surface area contributed by atoms with Crippen LogP contribution in [0.1, 0.15) is 39.5 Å². The minimum atomic E-state index is -1.16. The van der Waals surface area contributed by atoms with E-state index in [0.717, 1.165) is 4.57 Å². The maximum Gasteiger partial charge on any atom is 0.351 e. The lowest BCUT2D eigenvalue weighted by atomic mass is 10.1. The van der Waals surface area contributed by atoms with Crippen LogP contribution in [0, 0.1) is 0 Å². The van der Waals surface area contributed by atoms with Gasteiger partial charge in [0.15, 0.2) is 18.4 Å². The molecule has 1 aliphatic heterocycles. The number of ether oxygens (including phenoxy) is 4. The molecule has 11 heteroatoms. The van der Waals surface area contributed by atoms with E-state index in [1.165, 1.54) is 27.0 Å². The maximum atomic E-state index is 12.4. The zero-order valence-corrected chi connectivity index (χ0v) is 16.0. The minimum Gasteiger partial charge on any atom is -0.463 e. The molecular weight excluding hydrogens is 374 g/mol. The summed E-state index contributed by atoms with van der Waals surface area (Å²) in [6.07, 6.45) is -2.43. The van der Waals surface area contributed by atoms with Crippen LogP contribution < -0.4 is 11.4 Å². The van der Waals surface area contributed by atoms with Gasteiger partial charge in [-0.1, -0.05) is 6.92 Å². The third-order valence-electron chi connectivity index (χ3n) is 4.06. The summed E-state index contributed by atoms with van der Waals surface area (Å²) >= 11 is 0. The lowest BCUT2D eigenvalue weighted by Crippen LogP contribution is -2.42. The van der Waals surface area contributed by atoms with Crippen molar-refractivity contribution in [2.24, 2.45) is 0 Å². The molecule has 0 unspecified atom stereocenters. The van der Waals surface area contributed by atoms with Gasteiger partial charge in [-0.05, 0) is 6.42 Å². The fourth-order valence-corrected chi connectivity index (χ4v) is 2.89. The molecule has 154 valence electrons. The molecule has 2 heterocycles. The number of hydrogen-bond acceptors (Lipinski definition) is 10. The van der Waals surface area contributed by atoms with E-state index in [0.29, 0.717) is 12.0 Å². The molecule has 0 radical (unpaired) electrons. The van der Waals surface area contributed by atoms with Crippen molar-refractivity contribution in [1.29, 1.82) is 0 Å². The van der Waals surface area contributed by atoms with Crippen molar-refractivity contribution in [2.75, 3.05) is 12.3 Å². The molecule has 2 rings (SSSR count). The number of carbonyl (C=O) groups is 3. The van der Waals surface area contributed by atoms with Crippen molar-refractivity contribution >= 4 is 23.7 Å². The van der Waals surface area contributed by atoms with Crippen molar-refractivity contribution in [3.63, 3.8) is 0 Å². The Kier molecular flexibility index (Phi) is 6.73. The van der Waals surface area contributed by atoms with Gasteiger partial charge < -0.3 is 24.7 Å². The van der Waals surface area contributed by atoms with Crippen molar-refractivity contribution in [3.8, 4) is 0 Å². The number of hydrogen-bond donors (Lipinski definition) is 1. The molecule has 0 bridgehead atoms. The normalized spacial score (nSPS) is 23.9. The Morgan fingerprint density at radius 1 is 1.14 bits per heavy atom. The summed E-state index contributed by atoms with van der Waals surface area (Å²) in [5, 5.41) is 0. The molecule has 0 saturated carbocycles. The van der Waals surface area contributed by atoms with E-state index in [1.54, 1.807) is 0 Å². The SMILES string of the molecule is CCc1cn([C@@H]2O[C@H](COC(C)=O)[C@H](OC(C)=O)[C@H]2OC(C)=O)c(=O)nc1N. The van der Waals surface area contributed by atoms with Gasteiger partial charge in [0.1, 0.15) is 18.5 Å². The molecule has 0 amide bonds. The van der Waals surface area contributed by atoms with Gasteiger partial charge >= 0.3 is 23.6 Å². The van der Waals surface area contributed by atoms with Crippen LogP contribution in [-0.4, -0.2) is 52.4 Å². The first kappa shape index (κ1) is 21.4. The number of aryl methyl sites for hydroxylation is 1. The third kappa shape index (κ3) is 4.85. The Labute approximate surface area is 160 Å². The molecule has 4 atom stereocenters. The second kappa shape index (κ2) is 8.83. The zero-order valence-electron chi connectivity index (χ0n) is 16.0. The highest BCUT2D eigenvalue weighted by atomic mass is 16.7. The summed E-state index contributed by atoms with van der Waals surface area (Å²) in [5.74, 6) is -1.82. The Balaban J connectivity index is 2.48. The van der Waals surface area contributed by atoms with Gasteiger partial charge in [-0.25, -0.2) is 4.79 Å². The van der Waals surface area contributed by atoms with Crippen LogP contribution >= 0.6 is 0 Å². The predicted molar refractivity (Wildman–Crippen MR) is 93.9 cm³/mol. The van der Waals surface area contributed by atoms with Crippen LogP contribution in [-0.2, 0) is 39.8 Å². The molecular formula is C17H23N3O8. The van der Waals surface area contributed by atoms with Crippen LogP contribution in [0.3, 0.4) is 0 Å². The molecule has 0 aliphatic carbocycles. The highest BCUT2D eigenvalue weighted by molar-refractivity contribution is 5.68. The van der Waals surface area contributed by atoms with Gasteiger partial charge in [-0.15, -0.1) is 0 Å². The predicted octanol–water partition coefficient (Wildman–Crippen LogP) is -0.288. The lowest BCUT2D eigenvalue weighted by molar-refractivity contribution is -0.166. The molecule has 1 aromatic heterocycles. The summed E-state index contributed by atoms with van der Waals surface area (Å²) in [4.78, 5) is 50.5.